The van der Waals surface area contributed by atoms with Crippen LogP contribution < -0.4 is 9.46 Å². The molecule has 1 fully saturated rings. The number of benzene rings is 3. The third-order valence-electron chi connectivity index (χ3n) is 7.04. The van der Waals surface area contributed by atoms with Gasteiger partial charge in [-0.05, 0) is 68.8 Å². The predicted octanol–water partition coefficient (Wildman–Crippen LogP) is 4.34. The van der Waals surface area contributed by atoms with Crippen LogP contribution in [-0.2, 0) is 32.6 Å². The van der Waals surface area contributed by atoms with E-state index in [9.17, 15) is 22.4 Å². The Morgan fingerprint density at radius 2 is 1.68 bits per heavy atom. The molecule has 4 rings (SSSR count). The van der Waals surface area contributed by atoms with Crippen molar-refractivity contribution in [3.63, 3.8) is 0 Å². The molecule has 41 heavy (non-hydrogen) atoms. The number of halogens is 2. The lowest BCUT2D eigenvalue weighted by Gasteiger charge is -2.44. The normalized spacial score (nSPS) is 17.7. The Morgan fingerprint density at radius 1 is 1.00 bits per heavy atom. The van der Waals surface area contributed by atoms with Gasteiger partial charge in [0.15, 0.2) is 6.61 Å². The second-order valence-corrected chi connectivity index (χ2v) is 12.5. The van der Waals surface area contributed by atoms with Crippen LogP contribution in [0.3, 0.4) is 0 Å². The van der Waals surface area contributed by atoms with Gasteiger partial charge in [-0.1, -0.05) is 41.4 Å². The second kappa shape index (κ2) is 13.0. The smallest absolute Gasteiger partial charge is 0.264 e. The molecule has 0 saturated carbocycles. The first-order chi connectivity index (χ1) is 19.4. The van der Waals surface area contributed by atoms with E-state index in [0.29, 0.717) is 30.2 Å². The van der Waals surface area contributed by atoms with Crippen molar-refractivity contribution < 1.29 is 27.1 Å². The van der Waals surface area contributed by atoms with E-state index >= 15 is 0 Å². The van der Waals surface area contributed by atoms with Crippen LogP contribution in [0.2, 0.25) is 5.02 Å². The molecule has 3 aromatic rings. The number of ether oxygens (including phenoxy) is 1. The molecule has 11 heteroatoms. The van der Waals surface area contributed by atoms with Crippen molar-refractivity contribution in [3.05, 3.63) is 94.3 Å². The lowest BCUT2D eigenvalue weighted by atomic mass is 10.1. The third-order valence-corrected chi connectivity index (χ3v) is 8.66. The van der Waals surface area contributed by atoms with Gasteiger partial charge in [0.25, 0.3) is 15.9 Å². The molecule has 0 spiro atoms. The van der Waals surface area contributed by atoms with Gasteiger partial charge in [0.05, 0.1) is 11.3 Å². The molecule has 0 aromatic heterocycles. The van der Waals surface area contributed by atoms with E-state index in [4.69, 9.17) is 16.3 Å². The van der Waals surface area contributed by atoms with E-state index in [1.807, 2.05) is 20.8 Å². The van der Waals surface area contributed by atoms with Crippen LogP contribution in [0.25, 0.3) is 0 Å². The molecule has 1 saturated heterocycles. The number of aryl methyl sites for hydroxylation is 1. The Bertz CT molecular complexity index is 1500. The summed E-state index contributed by atoms with van der Waals surface area (Å²) < 4.78 is 46.4. The summed E-state index contributed by atoms with van der Waals surface area (Å²) in [5, 5.41) is 0.340. The molecular weight excluding hydrogens is 569 g/mol. The predicted molar refractivity (Wildman–Crippen MR) is 155 cm³/mol. The van der Waals surface area contributed by atoms with Crippen molar-refractivity contribution in [2.45, 2.75) is 50.7 Å². The summed E-state index contributed by atoms with van der Waals surface area (Å²) in [6.45, 7) is 7.37. The molecule has 1 N–H and O–H groups in total. The Kier molecular flexibility index (Phi) is 9.68. The number of carbonyl (C=O) groups excluding carboxylic acids is 2. The maximum atomic E-state index is 13.3. The van der Waals surface area contributed by atoms with Gasteiger partial charge >= 0.3 is 0 Å². The van der Waals surface area contributed by atoms with Gasteiger partial charge in [0.1, 0.15) is 11.6 Å². The van der Waals surface area contributed by atoms with Crippen molar-refractivity contribution in [1.82, 2.24) is 14.5 Å². The van der Waals surface area contributed by atoms with Gasteiger partial charge in [0.2, 0.25) is 5.91 Å². The fourth-order valence-corrected chi connectivity index (χ4v) is 5.95. The largest absolute Gasteiger partial charge is 0.483 e. The number of hydrogen-bond acceptors (Lipinski definition) is 6. The molecule has 1 aliphatic rings. The number of sulfonamides is 1. The van der Waals surface area contributed by atoms with Crippen LogP contribution in [0.15, 0.2) is 71.6 Å². The first-order valence-corrected chi connectivity index (χ1v) is 15.1. The van der Waals surface area contributed by atoms with E-state index in [1.54, 1.807) is 41.3 Å². The molecule has 0 aliphatic carbocycles. The molecule has 2 atom stereocenters. The van der Waals surface area contributed by atoms with Crippen LogP contribution in [0.1, 0.15) is 30.5 Å². The molecule has 1 aliphatic heterocycles. The number of amides is 2. The molecule has 218 valence electrons. The Labute approximate surface area is 245 Å². The fourth-order valence-electron chi connectivity index (χ4n) is 4.77. The number of nitrogens with zero attached hydrogens (tertiary/aromatic N) is 2. The maximum Gasteiger partial charge on any atom is 0.264 e. The zero-order chi connectivity index (χ0) is 29.7. The van der Waals surface area contributed by atoms with Crippen molar-refractivity contribution >= 4 is 33.4 Å². The molecule has 2 amide bonds. The average Bonchev–Trinajstić information content (AvgIpc) is 2.91. The Morgan fingerprint density at radius 3 is 2.37 bits per heavy atom. The SMILES string of the molecule is Cc1ccc(S(=O)(=O)NC(=O)Cc2cc(Cl)ccc2OCC(=O)N2C[C@H](C)N(Cc3ccc(F)cc3)C[C@H]2C)cc1. The number of piperazine rings is 1. The van der Waals surface area contributed by atoms with Crippen LogP contribution >= 0.6 is 11.6 Å². The van der Waals surface area contributed by atoms with E-state index in [1.165, 1.54) is 30.3 Å². The summed E-state index contributed by atoms with van der Waals surface area (Å²) in [5.41, 5.74) is 2.24. The highest BCUT2D eigenvalue weighted by Crippen LogP contribution is 2.25. The number of hydrogen-bond donors (Lipinski definition) is 1. The van der Waals surface area contributed by atoms with Crippen LogP contribution in [0.5, 0.6) is 5.75 Å². The highest BCUT2D eigenvalue weighted by atomic mass is 35.5. The summed E-state index contributed by atoms with van der Waals surface area (Å²) in [6, 6.07) is 17.2. The molecule has 0 radical (unpaired) electrons. The maximum absolute atomic E-state index is 13.3. The zero-order valence-electron chi connectivity index (χ0n) is 23.1. The van der Waals surface area contributed by atoms with Crippen LogP contribution in [0.4, 0.5) is 4.39 Å². The Balaban J connectivity index is 1.36. The molecule has 3 aromatic carbocycles. The van der Waals surface area contributed by atoms with E-state index in [0.717, 1.165) is 11.1 Å². The van der Waals surface area contributed by atoms with Crippen LogP contribution in [-0.4, -0.2) is 61.8 Å². The minimum Gasteiger partial charge on any atom is -0.483 e. The van der Waals surface area contributed by atoms with Crippen molar-refractivity contribution in [1.29, 1.82) is 0 Å². The highest BCUT2D eigenvalue weighted by Gasteiger charge is 2.32. The van der Waals surface area contributed by atoms with E-state index < -0.39 is 15.9 Å². The van der Waals surface area contributed by atoms with Crippen molar-refractivity contribution in [2.24, 2.45) is 0 Å². The van der Waals surface area contributed by atoms with Gasteiger partial charge in [-0.2, -0.15) is 0 Å². The molecule has 0 unspecified atom stereocenters. The van der Waals surface area contributed by atoms with Crippen LogP contribution in [0, 0.1) is 12.7 Å². The number of rotatable bonds is 9. The molecular formula is C30H33ClFN3O5S. The lowest BCUT2D eigenvalue weighted by Crippen LogP contribution is -2.58. The van der Waals surface area contributed by atoms with Gasteiger partial charge in [-0.25, -0.2) is 17.5 Å². The lowest BCUT2D eigenvalue weighted by molar-refractivity contribution is -0.139. The second-order valence-electron chi connectivity index (χ2n) is 10.4. The van der Waals surface area contributed by atoms with Gasteiger partial charge in [0, 0.05) is 42.3 Å². The summed E-state index contributed by atoms with van der Waals surface area (Å²) in [4.78, 5) is 29.8. The molecule has 0 bridgehead atoms. The van der Waals surface area contributed by atoms with Gasteiger partial charge in [-0.3, -0.25) is 14.5 Å². The highest BCUT2D eigenvalue weighted by molar-refractivity contribution is 7.90. The molecule has 8 nitrogen and oxygen atoms in total. The number of nitrogens with one attached hydrogen (secondary N) is 1. The monoisotopic (exact) mass is 601 g/mol. The first kappa shape index (κ1) is 30.5. The summed E-state index contributed by atoms with van der Waals surface area (Å²) in [5.74, 6) is -0.981. The fraction of sp³-hybridized carbons (Fsp3) is 0.333. The van der Waals surface area contributed by atoms with Crippen molar-refractivity contribution in [2.75, 3.05) is 19.7 Å². The minimum absolute atomic E-state index is 0.0225. The summed E-state index contributed by atoms with van der Waals surface area (Å²) >= 11 is 6.14. The zero-order valence-corrected chi connectivity index (χ0v) is 24.7. The standard InChI is InChI=1S/C30H33ClFN3O5S/c1-20-4-11-27(12-5-20)41(38,39)33-29(36)15-24-14-25(31)8-13-28(24)40-19-30(37)35-17-21(2)34(16-22(35)3)18-23-6-9-26(32)10-7-23/h4-14,21-22H,15-19H2,1-3H3,(H,33,36)/t21-,22+/m0/s1. The average molecular weight is 602 g/mol. The quantitative estimate of drug-likeness (QED) is 0.392. The molecule has 1 heterocycles. The van der Waals surface area contributed by atoms with E-state index in [-0.39, 0.29) is 47.5 Å². The number of carbonyl (C=O) groups is 2. The van der Waals surface area contributed by atoms with Gasteiger partial charge < -0.3 is 9.64 Å². The van der Waals surface area contributed by atoms with Crippen molar-refractivity contribution in [3.8, 4) is 5.75 Å². The first-order valence-electron chi connectivity index (χ1n) is 13.2. The Hall–Kier alpha value is -3.47. The van der Waals surface area contributed by atoms with Gasteiger partial charge in [-0.15, -0.1) is 0 Å². The summed E-state index contributed by atoms with van der Waals surface area (Å²) in [7, 11) is -4.05. The third kappa shape index (κ3) is 8.06. The topological polar surface area (TPSA) is 96.0 Å². The minimum atomic E-state index is -4.05. The summed E-state index contributed by atoms with van der Waals surface area (Å²) in [6.07, 6.45) is -0.315. The van der Waals surface area contributed by atoms with E-state index in [2.05, 4.69) is 9.62 Å².